The minimum Gasteiger partial charge on any atom is -0.481 e. The molecule has 21 heavy (non-hydrogen) atoms. The molecule has 8 heteroatoms. The minimum absolute atomic E-state index is 0.0642. The van der Waals surface area contributed by atoms with Gasteiger partial charge in [0.15, 0.2) is 11.5 Å². The van der Waals surface area contributed by atoms with Crippen molar-refractivity contribution in [3.63, 3.8) is 0 Å². The number of aliphatic carboxylic acids is 1. The number of nitrogen functional groups attached to an aromatic ring is 1. The molecule has 2 aromatic rings. The van der Waals surface area contributed by atoms with Crippen molar-refractivity contribution in [1.29, 1.82) is 0 Å². The largest absolute Gasteiger partial charge is 0.481 e. The molecule has 2 heterocycles. The number of nitrogens with zero attached hydrogens (tertiary/aromatic N) is 4. The van der Waals surface area contributed by atoms with E-state index in [4.69, 9.17) is 16.6 Å². The summed E-state index contributed by atoms with van der Waals surface area (Å²) in [5.74, 6) is -0.269. The van der Waals surface area contributed by atoms with Crippen molar-refractivity contribution in [2.45, 2.75) is 37.8 Å². The van der Waals surface area contributed by atoms with Gasteiger partial charge in [-0.1, -0.05) is 0 Å². The zero-order chi connectivity index (χ0) is 15.0. The molecule has 3 atom stereocenters. The van der Waals surface area contributed by atoms with Gasteiger partial charge in [-0.15, -0.1) is 0 Å². The molecule has 0 saturated heterocycles. The van der Waals surface area contributed by atoms with E-state index in [0.717, 1.165) is 12.8 Å². The first-order chi connectivity index (χ1) is 10.1. The molecule has 3 rings (SSSR count). The summed E-state index contributed by atoms with van der Waals surface area (Å²) in [6, 6.07) is -0.0500. The van der Waals surface area contributed by atoms with Crippen LogP contribution in [0.5, 0.6) is 0 Å². The van der Waals surface area contributed by atoms with Gasteiger partial charge in [0.1, 0.15) is 11.8 Å². The van der Waals surface area contributed by atoms with Crippen LogP contribution in [0.4, 0.5) is 5.82 Å². The van der Waals surface area contributed by atoms with Crippen molar-refractivity contribution in [3.8, 4) is 0 Å². The van der Waals surface area contributed by atoms with Gasteiger partial charge in [0, 0.05) is 12.5 Å². The van der Waals surface area contributed by atoms with Gasteiger partial charge in [0.05, 0.1) is 12.4 Å². The molecule has 0 radical (unpaired) electrons. The van der Waals surface area contributed by atoms with Crippen molar-refractivity contribution in [3.05, 3.63) is 12.7 Å². The second-order valence-corrected chi connectivity index (χ2v) is 5.59. The predicted octanol–water partition coefficient (Wildman–Crippen LogP) is 0.552. The number of carbonyl (C=O) groups is 1. The lowest BCUT2D eigenvalue weighted by Gasteiger charge is -2.34. The first-order valence-corrected chi connectivity index (χ1v) is 6.96. The molecule has 0 aliphatic heterocycles. The maximum atomic E-state index is 10.8. The Labute approximate surface area is 121 Å². The van der Waals surface area contributed by atoms with Crippen LogP contribution in [0, 0.1) is 5.92 Å². The predicted molar refractivity (Wildman–Crippen MR) is 76.3 cm³/mol. The Hall–Kier alpha value is -2.22. The van der Waals surface area contributed by atoms with Crippen molar-refractivity contribution in [2.24, 2.45) is 11.7 Å². The topological polar surface area (TPSA) is 133 Å². The number of carboxylic acid groups (broad SMARTS) is 1. The third kappa shape index (κ3) is 2.54. The number of fused-ring (bicyclic) bond motifs is 1. The van der Waals surface area contributed by atoms with Crippen molar-refractivity contribution < 1.29 is 9.90 Å². The van der Waals surface area contributed by atoms with E-state index in [0.29, 0.717) is 23.4 Å². The van der Waals surface area contributed by atoms with E-state index in [1.165, 1.54) is 6.33 Å². The Balaban J connectivity index is 1.84. The van der Waals surface area contributed by atoms with Crippen LogP contribution >= 0.6 is 0 Å². The summed E-state index contributed by atoms with van der Waals surface area (Å²) >= 11 is 0. The highest BCUT2D eigenvalue weighted by molar-refractivity contribution is 5.81. The fourth-order valence-corrected chi connectivity index (χ4v) is 3.17. The van der Waals surface area contributed by atoms with Gasteiger partial charge >= 0.3 is 5.97 Å². The van der Waals surface area contributed by atoms with Gasteiger partial charge in [-0.3, -0.25) is 4.79 Å². The van der Waals surface area contributed by atoms with Gasteiger partial charge in [-0.05, 0) is 25.2 Å². The highest BCUT2D eigenvalue weighted by Crippen LogP contribution is 2.34. The van der Waals surface area contributed by atoms with Gasteiger partial charge in [-0.2, -0.15) is 0 Å². The monoisotopic (exact) mass is 290 g/mol. The van der Waals surface area contributed by atoms with E-state index in [9.17, 15) is 4.79 Å². The van der Waals surface area contributed by atoms with Gasteiger partial charge in [0.25, 0.3) is 0 Å². The summed E-state index contributed by atoms with van der Waals surface area (Å²) in [5.41, 5.74) is 13.3. The van der Waals surface area contributed by atoms with E-state index in [1.54, 1.807) is 6.33 Å². The van der Waals surface area contributed by atoms with Crippen LogP contribution in [0.2, 0.25) is 0 Å². The third-order valence-corrected chi connectivity index (χ3v) is 4.18. The number of rotatable bonds is 3. The summed E-state index contributed by atoms with van der Waals surface area (Å²) in [4.78, 5) is 23.2. The summed E-state index contributed by atoms with van der Waals surface area (Å²) in [5, 5.41) is 8.89. The standard InChI is InChI=1S/C13H18N6O2/c14-8-3-7(4-10(20)21)1-2-9(8)19-6-18-11-12(15)16-5-17-13(11)19/h5-9H,1-4,14H2,(H,20,21)(H2,15,16,17). The molecule has 5 N–H and O–H groups in total. The van der Waals surface area contributed by atoms with Crippen LogP contribution in [0.25, 0.3) is 11.2 Å². The lowest BCUT2D eigenvalue weighted by Crippen LogP contribution is -2.38. The molecule has 0 aromatic carbocycles. The Kier molecular flexibility index (Phi) is 3.46. The van der Waals surface area contributed by atoms with Crippen molar-refractivity contribution in [1.82, 2.24) is 19.5 Å². The lowest BCUT2D eigenvalue weighted by molar-refractivity contribution is -0.138. The molecule has 2 aromatic heterocycles. The Morgan fingerprint density at radius 2 is 2.19 bits per heavy atom. The lowest BCUT2D eigenvalue weighted by atomic mass is 9.81. The van der Waals surface area contributed by atoms with Crippen molar-refractivity contribution in [2.75, 3.05) is 5.73 Å². The zero-order valence-corrected chi connectivity index (χ0v) is 11.5. The molecule has 0 amide bonds. The number of nitrogens with two attached hydrogens (primary N) is 2. The van der Waals surface area contributed by atoms with Crippen LogP contribution in [0.1, 0.15) is 31.7 Å². The van der Waals surface area contributed by atoms with E-state index in [1.807, 2.05) is 4.57 Å². The second kappa shape index (κ2) is 5.28. The maximum absolute atomic E-state index is 10.8. The number of imidazole rings is 1. The number of aromatic nitrogens is 4. The van der Waals surface area contributed by atoms with Crippen LogP contribution in [0.15, 0.2) is 12.7 Å². The summed E-state index contributed by atoms with van der Waals surface area (Å²) in [6.07, 6.45) is 5.63. The van der Waals surface area contributed by atoms with E-state index >= 15 is 0 Å². The highest BCUT2D eigenvalue weighted by Gasteiger charge is 2.31. The summed E-state index contributed by atoms with van der Waals surface area (Å²) in [7, 11) is 0. The van der Waals surface area contributed by atoms with Crippen LogP contribution in [-0.2, 0) is 4.79 Å². The fraction of sp³-hybridized carbons (Fsp3) is 0.538. The third-order valence-electron chi connectivity index (χ3n) is 4.18. The van der Waals surface area contributed by atoms with E-state index < -0.39 is 5.97 Å². The quantitative estimate of drug-likeness (QED) is 0.751. The number of hydrogen-bond donors (Lipinski definition) is 3. The molecule has 8 nitrogen and oxygen atoms in total. The molecule has 0 spiro atoms. The molecule has 1 fully saturated rings. The molecule has 3 unspecified atom stereocenters. The first-order valence-electron chi connectivity index (χ1n) is 6.96. The molecule has 112 valence electrons. The van der Waals surface area contributed by atoms with Gasteiger partial charge in [-0.25, -0.2) is 15.0 Å². The Bertz CT molecular complexity index is 670. The molecular formula is C13H18N6O2. The Morgan fingerprint density at radius 1 is 1.38 bits per heavy atom. The first kappa shape index (κ1) is 13.7. The normalized spacial score (nSPS) is 26.0. The van der Waals surface area contributed by atoms with Crippen LogP contribution in [0.3, 0.4) is 0 Å². The summed E-state index contributed by atoms with van der Waals surface area (Å²) < 4.78 is 1.94. The molecule has 1 saturated carbocycles. The molecule has 1 aliphatic carbocycles. The van der Waals surface area contributed by atoms with Crippen molar-refractivity contribution >= 4 is 23.0 Å². The van der Waals surface area contributed by atoms with E-state index in [-0.39, 0.29) is 24.4 Å². The average molecular weight is 290 g/mol. The Morgan fingerprint density at radius 3 is 2.90 bits per heavy atom. The SMILES string of the molecule is Nc1ncnc2c1ncn2C1CCC(CC(=O)O)CC1N. The van der Waals surface area contributed by atoms with Crippen LogP contribution in [-0.4, -0.2) is 36.6 Å². The zero-order valence-electron chi connectivity index (χ0n) is 11.5. The highest BCUT2D eigenvalue weighted by atomic mass is 16.4. The van der Waals surface area contributed by atoms with Gasteiger partial charge < -0.3 is 21.1 Å². The maximum Gasteiger partial charge on any atom is 0.303 e. The smallest absolute Gasteiger partial charge is 0.303 e. The summed E-state index contributed by atoms with van der Waals surface area (Å²) in [6.45, 7) is 0. The molecule has 0 bridgehead atoms. The number of carboxylic acids is 1. The second-order valence-electron chi connectivity index (χ2n) is 5.59. The molecular weight excluding hydrogens is 272 g/mol. The number of anilines is 1. The van der Waals surface area contributed by atoms with Gasteiger partial charge in [0.2, 0.25) is 0 Å². The number of hydrogen-bond acceptors (Lipinski definition) is 6. The fourth-order valence-electron chi connectivity index (χ4n) is 3.17. The van der Waals surface area contributed by atoms with E-state index in [2.05, 4.69) is 15.0 Å². The van der Waals surface area contributed by atoms with Crippen LogP contribution < -0.4 is 11.5 Å². The minimum atomic E-state index is -0.765. The molecule has 1 aliphatic rings. The average Bonchev–Trinajstić information content (AvgIpc) is 2.83.